The van der Waals surface area contributed by atoms with Crippen LogP contribution in [0.4, 0.5) is 5.82 Å². The van der Waals surface area contributed by atoms with Crippen LogP contribution in [0.15, 0.2) is 60.9 Å². The molecule has 1 N–H and O–H groups in total. The van der Waals surface area contributed by atoms with Gasteiger partial charge in [-0.2, -0.15) is 0 Å². The van der Waals surface area contributed by atoms with Crippen molar-refractivity contribution in [3.05, 3.63) is 72.1 Å². The molecule has 0 bridgehead atoms. The first-order valence-corrected chi connectivity index (χ1v) is 7.35. The molecule has 0 radical (unpaired) electrons. The van der Waals surface area contributed by atoms with Gasteiger partial charge in [0.25, 0.3) is 0 Å². The van der Waals surface area contributed by atoms with E-state index in [1.807, 2.05) is 36.5 Å². The first-order valence-electron chi connectivity index (χ1n) is 7.35. The lowest BCUT2D eigenvalue weighted by molar-refractivity contribution is 0.963. The number of pyridine rings is 1. The van der Waals surface area contributed by atoms with Crippen LogP contribution in [0.3, 0.4) is 0 Å². The fourth-order valence-electron chi connectivity index (χ4n) is 2.27. The standard InChI is InChI=1S/C18H18N4/c1-14-4-2-6-16(12-14)17-7-8-18(22-21-17)20-11-9-15-5-3-10-19-13-15/h2-8,10,12-13H,9,11H2,1H3,(H,20,22). The normalized spacial score (nSPS) is 10.4. The van der Waals surface area contributed by atoms with Crippen LogP contribution in [-0.4, -0.2) is 21.7 Å². The van der Waals surface area contributed by atoms with E-state index in [0.717, 1.165) is 30.0 Å². The lowest BCUT2D eigenvalue weighted by atomic mass is 10.1. The van der Waals surface area contributed by atoms with Gasteiger partial charge in [-0.15, -0.1) is 10.2 Å². The van der Waals surface area contributed by atoms with Crippen molar-refractivity contribution in [2.24, 2.45) is 0 Å². The minimum atomic E-state index is 0.792. The van der Waals surface area contributed by atoms with Gasteiger partial charge in [-0.05, 0) is 43.2 Å². The van der Waals surface area contributed by atoms with Gasteiger partial charge in [-0.1, -0.05) is 29.8 Å². The van der Waals surface area contributed by atoms with E-state index in [1.165, 1.54) is 11.1 Å². The zero-order valence-corrected chi connectivity index (χ0v) is 12.5. The summed E-state index contributed by atoms with van der Waals surface area (Å²) in [5, 5.41) is 11.8. The number of aryl methyl sites for hydroxylation is 1. The maximum Gasteiger partial charge on any atom is 0.148 e. The van der Waals surface area contributed by atoms with Gasteiger partial charge < -0.3 is 5.32 Å². The van der Waals surface area contributed by atoms with Gasteiger partial charge in [0.15, 0.2) is 0 Å². The third-order valence-corrected chi connectivity index (χ3v) is 3.42. The summed E-state index contributed by atoms with van der Waals surface area (Å²) in [6, 6.07) is 16.2. The summed E-state index contributed by atoms with van der Waals surface area (Å²) >= 11 is 0. The smallest absolute Gasteiger partial charge is 0.148 e. The van der Waals surface area contributed by atoms with E-state index in [-0.39, 0.29) is 0 Å². The number of aromatic nitrogens is 3. The first kappa shape index (κ1) is 14.2. The van der Waals surface area contributed by atoms with Gasteiger partial charge in [0.2, 0.25) is 0 Å². The van der Waals surface area contributed by atoms with Crippen molar-refractivity contribution < 1.29 is 0 Å². The predicted molar refractivity (Wildman–Crippen MR) is 88.6 cm³/mol. The van der Waals surface area contributed by atoms with Gasteiger partial charge in [0, 0.05) is 24.5 Å². The zero-order chi connectivity index (χ0) is 15.2. The summed E-state index contributed by atoms with van der Waals surface area (Å²) in [5.41, 5.74) is 4.41. The Morgan fingerprint density at radius 3 is 2.68 bits per heavy atom. The largest absolute Gasteiger partial charge is 0.368 e. The Balaban J connectivity index is 1.60. The molecule has 0 fully saturated rings. The van der Waals surface area contributed by atoms with Gasteiger partial charge in [-0.25, -0.2) is 0 Å². The van der Waals surface area contributed by atoms with Gasteiger partial charge in [0.05, 0.1) is 5.69 Å². The van der Waals surface area contributed by atoms with Gasteiger partial charge >= 0.3 is 0 Å². The molecule has 0 aliphatic carbocycles. The fourth-order valence-corrected chi connectivity index (χ4v) is 2.27. The Bertz CT molecular complexity index is 724. The molecule has 0 aliphatic heterocycles. The minimum Gasteiger partial charge on any atom is -0.368 e. The molecule has 4 heteroatoms. The maximum atomic E-state index is 4.29. The first-order chi connectivity index (χ1) is 10.8. The molecule has 0 saturated heterocycles. The van der Waals surface area contributed by atoms with E-state index in [4.69, 9.17) is 0 Å². The zero-order valence-electron chi connectivity index (χ0n) is 12.5. The number of rotatable bonds is 5. The van der Waals surface area contributed by atoms with Crippen LogP contribution in [0.25, 0.3) is 11.3 Å². The summed E-state index contributed by atoms with van der Waals surface area (Å²) in [4.78, 5) is 4.11. The summed E-state index contributed by atoms with van der Waals surface area (Å²) in [5.74, 6) is 0.792. The Hall–Kier alpha value is -2.75. The van der Waals surface area contributed by atoms with Crippen LogP contribution in [-0.2, 0) is 6.42 Å². The van der Waals surface area contributed by atoms with E-state index in [1.54, 1.807) is 6.20 Å². The number of hydrogen-bond donors (Lipinski definition) is 1. The molecule has 4 nitrogen and oxygen atoms in total. The Morgan fingerprint density at radius 2 is 1.95 bits per heavy atom. The third kappa shape index (κ3) is 3.67. The molecule has 3 rings (SSSR count). The topological polar surface area (TPSA) is 50.7 Å². The average molecular weight is 290 g/mol. The molecule has 0 spiro atoms. The van der Waals surface area contributed by atoms with E-state index < -0.39 is 0 Å². The summed E-state index contributed by atoms with van der Waals surface area (Å²) in [6.45, 7) is 2.88. The van der Waals surface area contributed by atoms with Crippen molar-refractivity contribution in [3.63, 3.8) is 0 Å². The Morgan fingerprint density at radius 1 is 1.00 bits per heavy atom. The van der Waals surface area contributed by atoms with E-state index in [9.17, 15) is 0 Å². The van der Waals surface area contributed by atoms with E-state index in [0.29, 0.717) is 0 Å². The van der Waals surface area contributed by atoms with Crippen molar-refractivity contribution in [2.75, 3.05) is 11.9 Å². The molecular formula is C18H18N4. The van der Waals surface area contributed by atoms with Crippen molar-refractivity contribution in [1.29, 1.82) is 0 Å². The molecule has 0 aliphatic rings. The minimum absolute atomic E-state index is 0.792. The highest BCUT2D eigenvalue weighted by molar-refractivity contribution is 5.60. The average Bonchev–Trinajstić information content (AvgIpc) is 2.56. The second kappa shape index (κ2) is 6.80. The number of nitrogens with one attached hydrogen (secondary N) is 1. The van der Waals surface area contributed by atoms with Crippen molar-refractivity contribution in [2.45, 2.75) is 13.3 Å². The summed E-state index contributed by atoms with van der Waals surface area (Å²) in [6.07, 6.45) is 4.58. The molecule has 22 heavy (non-hydrogen) atoms. The highest BCUT2D eigenvalue weighted by Crippen LogP contribution is 2.18. The van der Waals surface area contributed by atoms with Crippen LogP contribution in [0.5, 0.6) is 0 Å². The van der Waals surface area contributed by atoms with Crippen molar-refractivity contribution in [3.8, 4) is 11.3 Å². The second-order valence-electron chi connectivity index (χ2n) is 5.21. The molecule has 2 heterocycles. The third-order valence-electron chi connectivity index (χ3n) is 3.42. The molecule has 110 valence electrons. The highest BCUT2D eigenvalue weighted by Gasteiger charge is 2.01. The molecule has 0 atom stereocenters. The van der Waals surface area contributed by atoms with Crippen LogP contribution >= 0.6 is 0 Å². The molecular weight excluding hydrogens is 272 g/mol. The Kier molecular flexibility index (Phi) is 4.39. The number of nitrogens with zero attached hydrogens (tertiary/aromatic N) is 3. The van der Waals surface area contributed by atoms with Crippen molar-refractivity contribution in [1.82, 2.24) is 15.2 Å². The van der Waals surface area contributed by atoms with E-state index >= 15 is 0 Å². The summed E-state index contributed by atoms with van der Waals surface area (Å²) < 4.78 is 0. The van der Waals surface area contributed by atoms with Crippen molar-refractivity contribution >= 4 is 5.82 Å². The lowest BCUT2D eigenvalue weighted by Gasteiger charge is -2.06. The molecule has 1 aromatic carbocycles. The number of anilines is 1. The van der Waals surface area contributed by atoms with Crippen LogP contribution < -0.4 is 5.32 Å². The van der Waals surface area contributed by atoms with Gasteiger partial charge in [-0.3, -0.25) is 4.98 Å². The molecule has 0 amide bonds. The van der Waals surface area contributed by atoms with Crippen LogP contribution in [0.1, 0.15) is 11.1 Å². The number of benzene rings is 1. The molecule has 0 saturated carbocycles. The monoisotopic (exact) mass is 290 g/mol. The fraction of sp³-hybridized carbons (Fsp3) is 0.167. The SMILES string of the molecule is Cc1cccc(-c2ccc(NCCc3cccnc3)nn2)c1. The molecule has 3 aromatic rings. The lowest BCUT2D eigenvalue weighted by Crippen LogP contribution is -2.07. The van der Waals surface area contributed by atoms with E-state index in [2.05, 4.69) is 45.6 Å². The number of hydrogen-bond acceptors (Lipinski definition) is 4. The second-order valence-corrected chi connectivity index (χ2v) is 5.21. The van der Waals surface area contributed by atoms with Crippen LogP contribution in [0, 0.1) is 6.92 Å². The van der Waals surface area contributed by atoms with Gasteiger partial charge in [0.1, 0.15) is 5.82 Å². The molecule has 2 aromatic heterocycles. The Labute approximate surface area is 130 Å². The maximum absolute atomic E-state index is 4.29. The summed E-state index contributed by atoms with van der Waals surface area (Å²) in [7, 11) is 0. The quantitative estimate of drug-likeness (QED) is 0.781. The van der Waals surface area contributed by atoms with Crippen LogP contribution in [0.2, 0.25) is 0 Å². The molecule has 0 unspecified atom stereocenters. The predicted octanol–water partition coefficient (Wildman–Crippen LogP) is 3.50. The highest BCUT2D eigenvalue weighted by atomic mass is 15.2.